The van der Waals surface area contributed by atoms with Gasteiger partial charge in [-0.2, -0.15) is 0 Å². The van der Waals surface area contributed by atoms with Crippen molar-refractivity contribution in [1.29, 1.82) is 0 Å². The van der Waals surface area contributed by atoms with Gasteiger partial charge in [-0.05, 0) is 37.1 Å². The van der Waals surface area contributed by atoms with Crippen LogP contribution in [0.3, 0.4) is 0 Å². The van der Waals surface area contributed by atoms with E-state index in [0.717, 1.165) is 16.9 Å². The highest BCUT2D eigenvalue weighted by Crippen LogP contribution is 2.22. The lowest BCUT2D eigenvalue weighted by atomic mass is 10.1. The maximum absolute atomic E-state index is 12.2. The lowest BCUT2D eigenvalue weighted by molar-refractivity contribution is -0.116. The molecule has 2 amide bonds. The Morgan fingerprint density at radius 2 is 2.21 bits per heavy atom. The van der Waals surface area contributed by atoms with Crippen molar-refractivity contribution in [3.8, 4) is 0 Å². The zero-order valence-electron chi connectivity index (χ0n) is 15.6. The molecule has 3 rings (SSSR count). The molecule has 2 heterocycles. The summed E-state index contributed by atoms with van der Waals surface area (Å²) in [5.74, 6) is -0.367. The minimum absolute atomic E-state index is 0.113. The Hall–Kier alpha value is -2.64. The molecule has 0 aliphatic carbocycles. The molecule has 0 saturated carbocycles. The van der Waals surface area contributed by atoms with E-state index in [2.05, 4.69) is 15.6 Å². The Morgan fingerprint density at radius 3 is 3.00 bits per heavy atom. The predicted molar refractivity (Wildman–Crippen MR) is 113 cm³/mol. The second-order valence-electron chi connectivity index (χ2n) is 6.38. The van der Waals surface area contributed by atoms with Crippen molar-refractivity contribution in [1.82, 2.24) is 20.0 Å². The minimum Gasteiger partial charge on any atom is -0.350 e. The smallest absolute Gasteiger partial charge is 0.251 e. The number of thiazole rings is 1. The Balaban J connectivity index is 1.60. The Labute approximate surface area is 172 Å². The van der Waals surface area contributed by atoms with Crippen LogP contribution in [0.4, 0.5) is 0 Å². The number of nitrogens with one attached hydrogen (secondary N) is 2. The van der Waals surface area contributed by atoms with Crippen LogP contribution < -0.4 is 10.6 Å². The minimum atomic E-state index is -0.254. The Bertz CT molecular complexity index is 1020. The molecule has 146 valence electrons. The van der Waals surface area contributed by atoms with Crippen LogP contribution >= 0.6 is 22.9 Å². The van der Waals surface area contributed by atoms with Crippen molar-refractivity contribution in [3.63, 3.8) is 0 Å². The lowest BCUT2D eigenvalue weighted by Crippen LogP contribution is -2.32. The second kappa shape index (κ2) is 9.03. The van der Waals surface area contributed by atoms with Gasteiger partial charge in [0.15, 0.2) is 10.1 Å². The largest absolute Gasteiger partial charge is 0.350 e. The van der Waals surface area contributed by atoms with E-state index in [1.54, 1.807) is 18.2 Å². The molecule has 0 spiro atoms. The fourth-order valence-electron chi connectivity index (χ4n) is 2.56. The number of aromatic nitrogens is 2. The molecule has 1 atom stereocenters. The average molecular weight is 417 g/mol. The fourth-order valence-corrected chi connectivity index (χ4v) is 3.57. The maximum atomic E-state index is 12.2. The van der Waals surface area contributed by atoms with E-state index in [9.17, 15) is 9.59 Å². The molecule has 0 radical (unpaired) electrons. The van der Waals surface area contributed by atoms with E-state index in [1.807, 2.05) is 42.0 Å². The summed E-state index contributed by atoms with van der Waals surface area (Å²) in [6.45, 7) is 4.30. The molecule has 3 aromatic rings. The molecule has 0 fully saturated rings. The van der Waals surface area contributed by atoms with Crippen molar-refractivity contribution >= 4 is 45.8 Å². The SMILES string of the molecule is CCC(C)NC(=O)c1cccc(CNC(=O)/C=C/c2c(Cl)nc3sccn23)c1. The van der Waals surface area contributed by atoms with Gasteiger partial charge in [-0.25, -0.2) is 4.98 Å². The highest BCUT2D eigenvalue weighted by Gasteiger charge is 2.10. The van der Waals surface area contributed by atoms with Crippen LogP contribution in [0.25, 0.3) is 11.0 Å². The van der Waals surface area contributed by atoms with Gasteiger partial charge >= 0.3 is 0 Å². The number of amides is 2. The number of carbonyl (C=O) groups is 2. The van der Waals surface area contributed by atoms with Crippen LogP contribution in [0, 0.1) is 0 Å². The average Bonchev–Trinajstić information content (AvgIpc) is 3.25. The van der Waals surface area contributed by atoms with E-state index in [4.69, 9.17) is 11.6 Å². The molecule has 0 aliphatic rings. The predicted octanol–water partition coefficient (Wildman–Crippen LogP) is 3.91. The molecule has 2 N–H and O–H groups in total. The van der Waals surface area contributed by atoms with Crippen LogP contribution in [0.15, 0.2) is 41.9 Å². The zero-order chi connectivity index (χ0) is 20.1. The standard InChI is InChI=1S/C20H21ClN4O2S/c1-3-13(2)23-19(27)15-6-4-5-14(11-15)12-22-17(26)8-7-16-18(21)24-20-25(16)9-10-28-20/h4-11,13H,3,12H2,1-2H3,(H,22,26)(H,23,27)/b8-7+. The number of imidazole rings is 1. The number of halogens is 1. The number of nitrogens with zero attached hydrogens (tertiary/aromatic N) is 2. The highest BCUT2D eigenvalue weighted by molar-refractivity contribution is 7.15. The molecule has 2 aromatic heterocycles. The molecule has 8 heteroatoms. The van der Waals surface area contributed by atoms with Crippen LogP contribution in [0.5, 0.6) is 0 Å². The number of hydrogen-bond acceptors (Lipinski definition) is 4. The quantitative estimate of drug-likeness (QED) is 0.573. The summed E-state index contributed by atoms with van der Waals surface area (Å²) in [5.41, 5.74) is 2.09. The van der Waals surface area contributed by atoms with Crippen molar-refractivity contribution in [2.45, 2.75) is 32.9 Å². The first-order valence-corrected chi connectivity index (χ1v) is 10.2. The number of fused-ring (bicyclic) bond motifs is 1. The number of benzene rings is 1. The molecule has 0 saturated heterocycles. The summed E-state index contributed by atoms with van der Waals surface area (Å²) < 4.78 is 1.83. The summed E-state index contributed by atoms with van der Waals surface area (Å²) in [6.07, 6.45) is 5.78. The van der Waals surface area contributed by atoms with E-state index < -0.39 is 0 Å². The molecule has 6 nitrogen and oxygen atoms in total. The monoisotopic (exact) mass is 416 g/mol. The van der Waals surface area contributed by atoms with Crippen molar-refractivity contribution in [2.75, 3.05) is 0 Å². The molecule has 0 aliphatic heterocycles. The summed E-state index contributed by atoms with van der Waals surface area (Å²) in [5, 5.41) is 8.01. The van der Waals surface area contributed by atoms with Crippen molar-refractivity contribution in [3.05, 3.63) is 63.9 Å². The Morgan fingerprint density at radius 1 is 1.39 bits per heavy atom. The molecule has 0 bridgehead atoms. The third-order valence-electron chi connectivity index (χ3n) is 4.29. The summed E-state index contributed by atoms with van der Waals surface area (Å²) in [4.78, 5) is 29.4. The Kier molecular flexibility index (Phi) is 6.49. The summed E-state index contributed by atoms with van der Waals surface area (Å²) in [7, 11) is 0. The second-order valence-corrected chi connectivity index (χ2v) is 7.61. The normalized spacial score (nSPS) is 12.4. The lowest BCUT2D eigenvalue weighted by Gasteiger charge is -2.12. The van der Waals surface area contributed by atoms with Crippen LogP contribution in [0.2, 0.25) is 5.15 Å². The van der Waals surface area contributed by atoms with Gasteiger partial charge in [-0.15, -0.1) is 11.3 Å². The highest BCUT2D eigenvalue weighted by atomic mass is 35.5. The fraction of sp³-hybridized carbons (Fsp3) is 0.250. The van der Waals surface area contributed by atoms with Gasteiger partial charge in [0.2, 0.25) is 5.91 Å². The van der Waals surface area contributed by atoms with Gasteiger partial charge in [0.05, 0.1) is 5.69 Å². The molecular formula is C20H21ClN4O2S. The van der Waals surface area contributed by atoms with Gasteiger partial charge < -0.3 is 10.6 Å². The van der Waals surface area contributed by atoms with E-state index in [-0.39, 0.29) is 17.9 Å². The van der Waals surface area contributed by atoms with E-state index in [1.165, 1.54) is 17.4 Å². The summed E-state index contributed by atoms with van der Waals surface area (Å²) >= 11 is 7.59. The third-order valence-corrected chi connectivity index (χ3v) is 5.33. The van der Waals surface area contributed by atoms with Gasteiger partial charge in [0, 0.05) is 35.8 Å². The van der Waals surface area contributed by atoms with Gasteiger partial charge in [-0.1, -0.05) is 30.7 Å². The first-order chi connectivity index (χ1) is 13.5. The maximum Gasteiger partial charge on any atom is 0.251 e. The van der Waals surface area contributed by atoms with Crippen molar-refractivity contribution < 1.29 is 9.59 Å². The number of rotatable bonds is 7. The molecule has 1 aromatic carbocycles. The van der Waals surface area contributed by atoms with Crippen molar-refractivity contribution in [2.24, 2.45) is 0 Å². The van der Waals surface area contributed by atoms with Crippen LogP contribution in [0.1, 0.15) is 41.9 Å². The third kappa shape index (κ3) is 4.79. The molecule has 28 heavy (non-hydrogen) atoms. The zero-order valence-corrected chi connectivity index (χ0v) is 17.2. The van der Waals surface area contributed by atoms with Gasteiger partial charge in [-0.3, -0.25) is 14.0 Å². The first kappa shape index (κ1) is 20.1. The van der Waals surface area contributed by atoms with Crippen LogP contribution in [-0.2, 0) is 11.3 Å². The summed E-state index contributed by atoms with van der Waals surface area (Å²) in [6, 6.07) is 7.34. The van der Waals surface area contributed by atoms with Crippen LogP contribution in [-0.4, -0.2) is 27.2 Å². The molecular weight excluding hydrogens is 396 g/mol. The first-order valence-electron chi connectivity index (χ1n) is 8.94. The van der Waals surface area contributed by atoms with E-state index in [0.29, 0.717) is 23.0 Å². The topological polar surface area (TPSA) is 75.5 Å². The number of hydrogen-bond donors (Lipinski definition) is 2. The molecule has 1 unspecified atom stereocenters. The van der Waals surface area contributed by atoms with Gasteiger partial charge in [0.25, 0.3) is 5.91 Å². The number of carbonyl (C=O) groups excluding carboxylic acids is 2. The van der Waals surface area contributed by atoms with E-state index >= 15 is 0 Å². The van der Waals surface area contributed by atoms with Gasteiger partial charge in [0.1, 0.15) is 0 Å².